The lowest BCUT2D eigenvalue weighted by molar-refractivity contribution is 0.185. The Kier molecular flexibility index (Phi) is 5.31. The van der Waals surface area contributed by atoms with E-state index in [1.165, 1.54) is 16.0 Å². The van der Waals surface area contributed by atoms with Crippen LogP contribution in [-0.2, 0) is 17.9 Å². The Morgan fingerprint density at radius 2 is 1.84 bits per heavy atom. The Balaban J connectivity index is 1.99. The summed E-state index contributed by atoms with van der Waals surface area (Å²) in [6.45, 7) is 1.49. The first-order valence-corrected chi connectivity index (χ1v) is 7.49. The maximum absolute atomic E-state index is 5.15. The molecule has 0 heterocycles. The van der Waals surface area contributed by atoms with Crippen LogP contribution in [0.5, 0.6) is 0 Å². The van der Waals surface area contributed by atoms with Gasteiger partial charge in [-0.1, -0.05) is 30.3 Å². The van der Waals surface area contributed by atoms with Gasteiger partial charge in [0.1, 0.15) is 0 Å². The number of rotatable bonds is 6. The number of benzene rings is 2. The SMILES string of the molecule is COCc1cccc(CNc2cccc(SC)c2)c1. The molecule has 2 nitrogen and oxygen atoms in total. The fraction of sp³-hybridized carbons (Fsp3) is 0.250. The molecule has 1 N–H and O–H groups in total. The van der Waals surface area contributed by atoms with Gasteiger partial charge in [-0.05, 0) is 35.6 Å². The molecular formula is C16H19NOS. The van der Waals surface area contributed by atoms with Gasteiger partial charge in [-0.2, -0.15) is 0 Å². The van der Waals surface area contributed by atoms with Gasteiger partial charge in [0.25, 0.3) is 0 Å². The van der Waals surface area contributed by atoms with Gasteiger partial charge in [0, 0.05) is 24.2 Å². The number of thioether (sulfide) groups is 1. The van der Waals surface area contributed by atoms with E-state index in [9.17, 15) is 0 Å². The lowest BCUT2D eigenvalue weighted by Gasteiger charge is -2.09. The third kappa shape index (κ3) is 4.30. The molecule has 0 aliphatic carbocycles. The van der Waals surface area contributed by atoms with Gasteiger partial charge in [-0.15, -0.1) is 11.8 Å². The predicted molar refractivity (Wildman–Crippen MR) is 82.7 cm³/mol. The molecule has 2 aromatic rings. The highest BCUT2D eigenvalue weighted by molar-refractivity contribution is 7.98. The third-order valence-corrected chi connectivity index (χ3v) is 3.59. The summed E-state index contributed by atoms with van der Waals surface area (Å²) in [5, 5.41) is 3.45. The van der Waals surface area contributed by atoms with Crippen LogP contribution < -0.4 is 5.32 Å². The van der Waals surface area contributed by atoms with Gasteiger partial charge < -0.3 is 10.1 Å². The second-order valence-corrected chi connectivity index (χ2v) is 5.22. The largest absolute Gasteiger partial charge is 0.381 e. The minimum Gasteiger partial charge on any atom is -0.381 e. The van der Waals surface area contributed by atoms with Crippen molar-refractivity contribution in [2.75, 3.05) is 18.7 Å². The number of anilines is 1. The Labute approximate surface area is 119 Å². The van der Waals surface area contributed by atoms with E-state index in [1.807, 2.05) is 0 Å². The number of nitrogens with one attached hydrogen (secondary N) is 1. The van der Waals surface area contributed by atoms with Crippen molar-refractivity contribution in [1.29, 1.82) is 0 Å². The summed E-state index contributed by atoms with van der Waals surface area (Å²) in [6.07, 6.45) is 2.09. The molecular weight excluding hydrogens is 254 g/mol. The molecule has 0 saturated carbocycles. The lowest BCUT2D eigenvalue weighted by Crippen LogP contribution is -2.00. The molecule has 3 heteroatoms. The van der Waals surface area contributed by atoms with Crippen LogP contribution in [0.1, 0.15) is 11.1 Å². The Hall–Kier alpha value is -1.45. The van der Waals surface area contributed by atoms with Gasteiger partial charge in [0.15, 0.2) is 0 Å². The minimum atomic E-state index is 0.662. The van der Waals surface area contributed by atoms with Crippen LogP contribution in [0, 0.1) is 0 Å². The van der Waals surface area contributed by atoms with E-state index in [1.54, 1.807) is 18.9 Å². The number of hydrogen-bond acceptors (Lipinski definition) is 3. The van der Waals surface area contributed by atoms with Crippen LogP contribution in [0.15, 0.2) is 53.4 Å². The molecule has 0 unspecified atom stereocenters. The summed E-state index contributed by atoms with van der Waals surface area (Å²) in [5.74, 6) is 0. The monoisotopic (exact) mass is 273 g/mol. The third-order valence-electron chi connectivity index (χ3n) is 2.87. The van der Waals surface area contributed by atoms with Crippen molar-refractivity contribution in [3.05, 3.63) is 59.7 Å². The topological polar surface area (TPSA) is 21.3 Å². The zero-order chi connectivity index (χ0) is 13.5. The molecule has 0 bridgehead atoms. The van der Waals surface area contributed by atoms with Crippen LogP contribution in [0.3, 0.4) is 0 Å². The van der Waals surface area contributed by atoms with Gasteiger partial charge in [-0.25, -0.2) is 0 Å². The molecule has 0 aliphatic heterocycles. The molecule has 0 aliphatic rings. The second kappa shape index (κ2) is 7.22. The van der Waals surface area contributed by atoms with Crippen LogP contribution in [0.4, 0.5) is 5.69 Å². The summed E-state index contributed by atoms with van der Waals surface area (Å²) in [4.78, 5) is 1.28. The van der Waals surface area contributed by atoms with E-state index in [2.05, 4.69) is 60.1 Å². The van der Waals surface area contributed by atoms with Gasteiger partial charge in [0.2, 0.25) is 0 Å². The molecule has 0 radical (unpaired) electrons. The zero-order valence-corrected chi connectivity index (χ0v) is 12.2. The molecule has 2 rings (SSSR count). The normalized spacial score (nSPS) is 10.4. The van der Waals surface area contributed by atoms with Crippen molar-refractivity contribution in [2.45, 2.75) is 18.0 Å². The molecule has 0 spiro atoms. The second-order valence-electron chi connectivity index (χ2n) is 4.34. The van der Waals surface area contributed by atoms with E-state index < -0.39 is 0 Å². The van der Waals surface area contributed by atoms with Crippen molar-refractivity contribution in [3.63, 3.8) is 0 Å². The van der Waals surface area contributed by atoms with Crippen molar-refractivity contribution in [1.82, 2.24) is 0 Å². The van der Waals surface area contributed by atoms with Crippen LogP contribution in [-0.4, -0.2) is 13.4 Å². The van der Waals surface area contributed by atoms with E-state index in [4.69, 9.17) is 4.74 Å². The molecule has 19 heavy (non-hydrogen) atoms. The molecule has 2 aromatic carbocycles. The number of ether oxygens (including phenoxy) is 1. The smallest absolute Gasteiger partial charge is 0.0713 e. The van der Waals surface area contributed by atoms with E-state index in [0.717, 1.165) is 12.2 Å². The van der Waals surface area contributed by atoms with E-state index >= 15 is 0 Å². The van der Waals surface area contributed by atoms with Crippen molar-refractivity contribution in [3.8, 4) is 0 Å². The minimum absolute atomic E-state index is 0.662. The Morgan fingerprint density at radius 1 is 1.05 bits per heavy atom. The summed E-state index contributed by atoms with van der Waals surface area (Å²) in [5.41, 5.74) is 3.63. The van der Waals surface area contributed by atoms with Crippen LogP contribution >= 0.6 is 11.8 Å². The van der Waals surface area contributed by atoms with E-state index in [0.29, 0.717) is 6.61 Å². The van der Waals surface area contributed by atoms with Gasteiger partial charge in [-0.3, -0.25) is 0 Å². The molecule has 0 aromatic heterocycles. The molecule has 0 amide bonds. The van der Waals surface area contributed by atoms with E-state index in [-0.39, 0.29) is 0 Å². The van der Waals surface area contributed by atoms with Crippen LogP contribution in [0.2, 0.25) is 0 Å². The summed E-state index contributed by atoms with van der Waals surface area (Å²) in [6, 6.07) is 16.9. The zero-order valence-electron chi connectivity index (χ0n) is 11.3. The van der Waals surface area contributed by atoms with Gasteiger partial charge >= 0.3 is 0 Å². The molecule has 0 atom stereocenters. The first-order valence-electron chi connectivity index (χ1n) is 6.26. The lowest BCUT2D eigenvalue weighted by atomic mass is 10.1. The van der Waals surface area contributed by atoms with Crippen molar-refractivity contribution in [2.24, 2.45) is 0 Å². The molecule has 0 saturated heterocycles. The van der Waals surface area contributed by atoms with Crippen molar-refractivity contribution < 1.29 is 4.74 Å². The average Bonchev–Trinajstić information content (AvgIpc) is 2.46. The predicted octanol–water partition coefficient (Wildman–Crippen LogP) is 4.17. The first kappa shape index (κ1) is 14.0. The maximum Gasteiger partial charge on any atom is 0.0713 e. The summed E-state index contributed by atoms with van der Waals surface area (Å²) < 4.78 is 5.15. The molecule has 100 valence electrons. The average molecular weight is 273 g/mol. The number of hydrogen-bond donors (Lipinski definition) is 1. The Morgan fingerprint density at radius 3 is 2.63 bits per heavy atom. The Bertz CT molecular complexity index is 528. The maximum atomic E-state index is 5.15. The summed E-state index contributed by atoms with van der Waals surface area (Å²) >= 11 is 1.76. The highest BCUT2D eigenvalue weighted by Crippen LogP contribution is 2.19. The highest BCUT2D eigenvalue weighted by Gasteiger charge is 1.98. The highest BCUT2D eigenvalue weighted by atomic mass is 32.2. The first-order chi connectivity index (χ1) is 9.31. The fourth-order valence-corrected chi connectivity index (χ4v) is 2.39. The standard InChI is InChI=1S/C16H19NOS/c1-18-12-14-6-3-5-13(9-14)11-17-15-7-4-8-16(10-15)19-2/h3-10,17H,11-12H2,1-2H3. The van der Waals surface area contributed by atoms with Crippen LogP contribution in [0.25, 0.3) is 0 Å². The summed E-state index contributed by atoms with van der Waals surface area (Å²) in [7, 11) is 1.72. The quantitative estimate of drug-likeness (QED) is 0.798. The molecule has 0 fully saturated rings. The van der Waals surface area contributed by atoms with Gasteiger partial charge in [0.05, 0.1) is 6.61 Å². The number of methoxy groups -OCH3 is 1. The fourth-order valence-electron chi connectivity index (χ4n) is 1.93. The van der Waals surface area contributed by atoms with Crippen molar-refractivity contribution >= 4 is 17.4 Å².